The van der Waals surface area contributed by atoms with Gasteiger partial charge in [0.05, 0.1) is 36.3 Å². The molecule has 2 N–H and O–H groups in total. The second-order valence-electron chi connectivity index (χ2n) is 13.2. The van der Waals surface area contributed by atoms with E-state index in [1.165, 1.54) is 16.4 Å². The molecule has 2 aromatic heterocycles. The first kappa shape index (κ1) is 37.0. The highest BCUT2D eigenvalue weighted by atomic mass is 32.2. The molecule has 6 rings (SSSR count). The third-order valence-electron chi connectivity index (χ3n) is 9.55. The normalized spacial score (nSPS) is 19.8. The molecular formula is C33H44F3N7O5S2. The standard InChI is InChI=1S/C33H44F3N7O5S2/c1-50(46,47)42-16-9-29-27(22-42)31(23-3-4-28(33(34,35)36)30(19-23)49-18-17-40-12-5-24(44)6-13-40)39-43(29)21-25(45)20-41-14-7-26(8-15-41)48-32-37-10-2-11-38-32/h2-4,10-11,19,24-26,44-45H,5-9,12-18,20-22H2,1H3. The van der Waals surface area contributed by atoms with E-state index in [2.05, 4.69) is 19.8 Å². The maximum absolute atomic E-state index is 14.1. The largest absolute Gasteiger partial charge is 0.460 e. The smallest absolute Gasteiger partial charge is 0.417 e. The molecule has 0 radical (unpaired) electrons. The van der Waals surface area contributed by atoms with Crippen LogP contribution in [-0.4, -0.2) is 129 Å². The monoisotopic (exact) mass is 739 g/mol. The van der Waals surface area contributed by atoms with Gasteiger partial charge in [-0.2, -0.15) is 22.6 Å². The topological polar surface area (TPSA) is 137 Å². The van der Waals surface area contributed by atoms with Crippen LogP contribution in [0.2, 0.25) is 0 Å². The average molecular weight is 740 g/mol. The quantitative estimate of drug-likeness (QED) is 0.265. The predicted octanol–water partition coefficient (Wildman–Crippen LogP) is 3.13. The highest BCUT2D eigenvalue weighted by molar-refractivity contribution is 7.99. The summed E-state index contributed by atoms with van der Waals surface area (Å²) in [5.41, 5.74) is 1.56. The Hall–Kier alpha value is -2.80. The van der Waals surface area contributed by atoms with Gasteiger partial charge in [-0.1, -0.05) is 6.07 Å². The lowest BCUT2D eigenvalue weighted by Gasteiger charge is -2.33. The molecule has 0 bridgehead atoms. The second kappa shape index (κ2) is 15.8. The fourth-order valence-corrected chi connectivity index (χ4v) is 8.75. The average Bonchev–Trinajstić information content (AvgIpc) is 3.43. The lowest BCUT2D eigenvalue weighted by atomic mass is 10.0. The molecule has 2 saturated heterocycles. The number of piperidine rings is 2. The Morgan fingerprint density at radius 1 is 1.02 bits per heavy atom. The number of alkyl halides is 3. The number of halogens is 3. The van der Waals surface area contributed by atoms with Gasteiger partial charge >= 0.3 is 12.2 Å². The minimum absolute atomic E-state index is 0.0187. The van der Waals surface area contributed by atoms with Crippen LogP contribution >= 0.6 is 11.8 Å². The summed E-state index contributed by atoms with van der Waals surface area (Å²) in [6.45, 7) is 4.27. The number of β-amino-alcohol motifs (C(OH)–C–C–N with tert-alkyl or cyclic N) is 1. The van der Waals surface area contributed by atoms with Crippen molar-refractivity contribution in [2.24, 2.45) is 0 Å². The number of aliphatic hydroxyl groups excluding tert-OH is 2. The highest BCUT2D eigenvalue weighted by Gasteiger charge is 2.35. The van der Waals surface area contributed by atoms with Crippen LogP contribution < -0.4 is 4.74 Å². The number of likely N-dealkylation sites (tertiary alicyclic amines) is 2. The number of aliphatic hydroxyl groups is 2. The Labute approximate surface area is 294 Å². The SMILES string of the molecule is CS(=O)(=O)N1CCc2c(c(-c3ccc(C(F)(F)F)c(SCCN4CCC(O)CC4)c3)nn2CC(O)CN2CCC(Oc3ncccn3)CC2)C1. The Balaban J connectivity index is 1.18. The van der Waals surface area contributed by atoms with Crippen LogP contribution in [0.5, 0.6) is 6.01 Å². The van der Waals surface area contributed by atoms with E-state index in [0.29, 0.717) is 87.1 Å². The van der Waals surface area contributed by atoms with Crippen molar-refractivity contribution in [1.29, 1.82) is 0 Å². The van der Waals surface area contributed by atoms with Gasteiger partial charge in [0.1, 0.15) is 6.10 Å². The lowest BCUT2D eigenvalue weighted by Crippen LogP contribution is -2.43. The van der Waals surface area contributed by atoms with E-state index >= 15 is 0 Å². The van der Waals surface area contributed by atoms with E-state index in [9.17, 15) is 31.8 Å². The minimum atomic E-state index is -4.55. The van der Waals surface area contributed by atoms with Crippen LogP contribution in [0.4, 0.5) is 13.2 Å². The second-order valence-corrected chi connectivity index (χ2v) is 16.4. The summed E-state index contributed by atoms with van der Waals surface area (Å²) in [5.74, 6) is 0.437. The predicted molar refractivity (Wildman–Crippen MR) is 182 cm³/mol. The molecular weight excluding hydrogens is 696 g/mol. The first-order valence-electron chi connectivity index (χ1n) is 17.0. The van der Waals surface area contributed by atoms with Gasteiger partial charge in [0, 0.05) is 98.6 Å². The summed E-state index contributed by atoms with van der Waals surface area (Å²) in [6, 6.07) is 6.04. The molecule has 3 aromatic rings. The molecule has 12 nitrogen and oxygen atoms in total. The molecule has 2 fully saturated rings. The van der Waals surface area contributed by atoms with Gasteiger partial charge in [-0.05, 0) is 43.9 Å². The van der Waals surface area contributed by atoms with E-state index in [1.807, 2.05) is 0 Å². The van der Waals surface area contributed by atoms with Crippen LogP contribution in [0.25, 0.3) is 11.3 Å². The molecule has 0 spiro atoms. The zero-order chi connectivity index (χ0) is 35.5. The molecule has 3 aliphatic rings. The number of hydrogen-bond donors (Lipinski definition) is 2. The summed E-state index contributed by atoms with van der Waals surface area (Å²) in [5, 5.41) is 25.8. The molecule has 0 amide bonds. The zero-order valence-corrected chi connectivity index (χ0v) is 29.6. The minimum Gasteiger partial charge on any atom is -0.460 e. The van der Waals surface area contributed by atoms with Crippen LogP contribution in [-0.2, 0) is 35.7 Å². The van der Waals surface area contributed by atoms with E-state index in [1.54, 1.807) is 23.1 Å². The summed E-state index contributed by atoms with van der Waals surface area (Å²) in [4.78, 5) is 12.6. The van der Waals surface area contributed by atoms with Gasteiger partial charge in [-0.25, -0.2) is 18.4 Å². The summed E-state index contributed by atoms with van der Waals surface area (Å²) < 4.78 is 76.4. The van der Waals surface area contributed by atoms with Crippen molar-refractivity contribution in [3.8, 4) is 17.3 Å². The molecule has 0 saturated carbocycles. The van der Waals surface area contributed by atoms with Gasteiger partial charge in [-0.15, -0.1) is 11.8 Å². The lowest BCUT2D eigenvalue weighted by molar-refractivity contribution is -0.139. The van der Waals surface area contributed by atoms with Gasteiger partial charge in [-0.3, -0.25) is 4.68 Å². The van der Waals surface area contributed by atoms with Gasteiger partial charge in [0.25, 0.3) is 0 Å². The molecule has 1 atom stereocenters. The highest BCUT2D eigenvalue weighted by Crippen LogP contribution is 2.40. The molecule has 1 aromatic carbocycles. The van der Waals surface area contributed by atoms with Crippen molar-refractivity contribution in [3.05, 3.63) is 53.5 Å². The van der Waals surface area contributed by atoms with E-state index in [4.69, 9.17) is 9.84 Å². The first-order chi connectivity index (χ1) is 23.8. The third-order valence-corrected chi connectivity index (χ3v) is 11.8. The molecule has 50 heavy (non-hydrogen) atoms. The number of thioether (sulfide) groups is 1. The van der Waals surface area contributed by atoms with Crippen LogP contribution in [0.3, 0.4) is 0 Å². The number of benzene rings is 1. The van der Waals surface area contributed by atoms with Crippen molar-refractivity contribution in [2.75, 3.05) is 57.8 Å². The van der Waals surface area contributed by atoms with Crippen LogP contribution in [0.1, 0.15) is 42.5 Å². The summed E-state index contributed by atoms with van der Waals surface area (Å²) >= 11 is 1.13. The van der Waals surface area contributed by atoms with Crippen molar-refractivity contribution >= 4 is 21.8 Å². The Bertz CT molecular complexity index is 1700. The number of aromatic nitrogens is 4. The van der Waals surface area contributed by atoms with Gasteiger partial charge < -0.3 is 24.7 Å². The van der Waals surface area contributed by atoms with E-state index in [0.717, 1.165) is 42.6 Å². The van der Waals surface area contributed by atoms with Crippen LogP contribution in [0.15, 0.2) is 41.6 Å². The molecule has 5 heterocycles. The Morgan fingerprint density at radius 3 is 2.40 bits per heavy atom. The maximum Gasteiger partial charge on any atom is 0.417 e. The van der Waals surface area contributed by atoms with Gasteiger partial charge in [0.15, 0.2) is 0 Å². The van der Waals surface area contributed by atoms with E-state index < -0.39 is 27.9 Å². The number of ether oxygens (including phenoxy) is 1. The molecule has 3 aliphatic heterocycles. The van der Waals surface area contributed by atoms with Crippen LogP contribution in [0, 0.1) is 0 Å². The van der Waals surface area contributed by atoms with Crippen molar-refractivity contribution in [1.82, 2.24) is 33.9 Å². The van der Waals surface area contributed by atoms with Crippen molar-refractivity contribution in [3.63, 3.8) is 0 Å². The van der Waals surface area contributed by atoms with Crippen molar-refractivity contribution in [2.45, 2.75) is 74.6 Å². The summed E-state index contributed by atoms with van der Waals surface area (Å²) in [6.07, 6.45) is 1.89. The Morgan fingerprint density at radius 2 is 1.72 bits per heavy atom. The Kier molecular flexibility index (Phi) is 11.7. The van der Waals surface area contributed by atoms with Crippen molar-refractivity contribution < 1.29 is 36.5 Å². The fourth-order valence-electron chi connectivity index (χ4n) is 6.84. The zero-order valence-electron chi connectivity index (χ0n) is 28.0. The van der Waals surface area contributed by atoms with E-state index in [-0.39, 0.29) is 36.7 Å². The number of fused-ring (bicyclic) bond motifs is 1. The number of nitrogens with zero attached hydrogens (tertiary/aromatic N) is 7. The molecule has 0 aliphatic carbocycles. The number of sulfonamides is 1. The fraction of sp³-hybridized carbons (Fsp3) is 0.606. The number of hydrogen-bond acceptors (Lipinski definition) is 11. The maximum atomic E-state index is 14.1. The molecule has 17 heteroatoms. The third kappa shape index (κ3) is 9.35. The first-order valence-corrected chi connectivity index (χ1v) is 19.8. The molecule has 274 valence electrons. The molecule has 1 unspecified atom stereocenters. The number of rotatable bonds is 12. The van der Waals surface area contributed by atoms with Gasteiger partial charge in [0.2, 0.25) is 10.0 Å². The summed E-state index contributed by atoms with van der Waals surface area (Å²) in [7, 11) is -3.54.